The summed E-state index contributed by atoms with van der Waals surface area (Å²) in [5.41, 5.74) is 4.01. The number of fused-ring (bicyclic) bond motifs is 1. The molecule has 3 heteroatoms. The average molecular weight is 178 g/mol. The van der Waals surface area contributed by atoms with Crippen molar-refractivity contribution in [3.63, 3.8) is 0 Å². The summed E-state index contributed by atoms with van der Waals surface area (Å²) in [7, 11) is 0. The zero-order valence-electron chi connectivity index (χ0n) is 7.11. The van der Waals surface area contributed by atoms with E-state index in [1.54, 1.807) is 11.3 Å². The van der Waals surface area contributed by atoms with Crippen molar-refractivity contribution in [3.8, 4) is 0 Å². The van der Waals surface area contributed by atoms with E-state index in [1.807, 2.05) is 11.7 Å². The molecule has 0 saturated carbocycles. The fourth-order valence-electron chi connectivity index (χ4n) is 1.09. The second kappa shape index (κ2) is 2.83. The fraction of sp³-hybridized carbons (Fsp3) is 0.333. The van der Waals surface area contributed by atoms with E-state index in [1.165, 1.54) is 4.70 Å². The Labute approximate surface area is 75.3 Å². The molecule has 0 aliphatic heterocycles. The highest BCUT2D eigenvalue weighted by Gasteiger charge is 2.02. The van der Waals surface area contributed by atoms with Gasteiger partial charge in [0.05, 0.1) is 21.9 Å². The molecule has 0 unspecified atom stereocenters. The lowest BCUT2D eigenvalue weighted by atomic mass is 10.1. The first-order chi connectivity index (χ1) is 5.77. The lowest BCUT2D eigenvalue weighted by Gasteiger charge is -2.01. The fourth-order valence-corrected chi connectivity index (χ4v) is 1.79. The first-order valence-corrected chi connectivity index (χ1v) is 4.84. The maximum Gasteiger partial charge on any atom is 0.0995 e. The van der Waals surface area contributed by atoms with Crippen molar-refractivity contribution >= 4 is 21.6 Å². The minimum Gasteiger partial charge on any atom is -0.259 e. The van der Waals surface area contributed by atoms with Crippen LogP contribution in [0, 0.1) is 0 Å². The maximum absolute atomic E-state index is 4.32. The van der Waals surface area contributed by atoms with E-state index in [0.29, 0.717) is 5.92 Å². The molecule has 0 saturated heterocycles. The normalized spacial score (nSPS) is 11.2. The van der Waals surface area contributed by atoms with Gasteiger partial charge in [-0.25, -0.2) is 4.98 Å². The quantitative estimate of drug-likeness (QED) is 0.671. The van der Waals surface area contributed by atoms with Crippen molar-refractivity contribution in [2.45, 2.75) is 19.8 Å². The third-order valence-electron chi connectivity index (χ3n) is 1.83. The second-order valence-corrected chi connectivity index (χ2v) is 3.97. The van der Waals surface area contributed by atoms with Crippen LogP contribution in [-0.4, -0.2) is 9.97 Å². The predicted molar refractivity (Wildman–Crippen MR) is 51.5 cm³/mol. The van der Waals surface area contributed by atoms with Gasteiger partial charge in [0.1, 0.15) is 0 Å². The van der Waals surface area contributed by atoms with E-state index in [-0.39, 0.29) is 0 Å². The summed E-state index contributed by atoms with van der Waals surface area (Å²) in [5.74, 6) is 0.497. The predicted octanol–water partition coefficient (Wildman–Crippen LogP) is 2.81. The number of pyridine rings is 1. The zero-order valence-corrected chi connectivity index (χ0v) is 7.93. The third-order valence-corrected chi connectivity index (χ3v) is 2.62. The molecule has 2 aromatic rings. The molecule has 0 aromatic carbocycles. The van der Waals surface area contributed by atoms with E-state index in [2.05, 4.69) is 29.9 Å². The Morgan fingerprint density at radius 1 is 1.33 bits per heavy atom. The summed E-state index contributed by atoms with van der Waals surface area (Å²) in [5, 5.41) is 0. The Bertz CT molecular complexity index is 392. The molecule has 62 valence electrons. The standard InChI is InChI=1S/C9H10N2S/c1-6(2)7-3-9-8(4-10-7)11-5-12-9/h3-6H,1-2H3. The first kappa shape index (κ1) is 7.68. The molecule has 12 heavy (non-hydrogen) atoms. The molecule has 0 bridgehead atoms. The van der Waals surface area contributed by atoms with Crippen molar-refractivity contribution < 1.29 is 0 Å². The van der Waals surface area contributed by atoms with Gasteiger partial charge in [0.25, 0.3) is 0 Å². The molecule has 0 spiro atoms. The van der Waals surface area contributed by atoms with E-state index in [0.717, 1.165) is 11.2 Å². The molecule has 0 fully saturated rings. The van der Waals surface area contributed by atoms with Crippen LogP contribution in [0.25, 0.3) is 10.2 Å². The van der Waals surface area contributed by atoms with Gasteiger partial charge in [0.2, 0.25) is 0 Å². The van der Waals surface area contributed by atoms with Crippen LogP contribution in [0.2, 0.25) is 0 Å². The largest absolute Gasteiger partial charge is 0.259 e. The van der Waals surface area contributed by atoms with Gasteiger partial charge in [-0.1, -0.05) is 13.8 Å². The topological polar surface area (TPSA) is 25.8 Å². The molecule has 0 amide bonds. The minimum atomic E-state index is 0.497. The van der Waals surface area contributed by atoms with Crippen molar-refractivity contribution in [3.05, 3.63) is 23.5 Å². The van der Waals surface area contributed by atoms with E-state index in [9.17, 15) is 0 Å². The van der Waals surface area contributed by atoms with Gasteiger partial charge in [0.15, 0.2) is 0 Å². The van der Waals surface area contributed by atoms with Crippen LogP contribution in [-0.2, 0) is 0 Å². The molecular formula is C9H10N2S. The molecule has 0 radical (unpaired) electrons. The molecule has 0 atom stereocenters. The summed E-state index contributed by atoms with van der Waals surface area (Å²) in [6.45, 7) is 4.30. The molecule has 2 rings (SSSR count). The van der Waals surface area contributed by atoms with Gasteiger partial charge in [-0.15, -0.1) is 11.3 Å². The number of rotatable bonds is 1. The van der Waals surface area contributed by atoms with Crippen LogP contribution in [0.4, 0.5) is 0 Å². The summed E-state index contributed by atoms with van der Waals surface area (Å²) in [4.78, 5) is 8.50. The van der Waals surface area contributed by atoms with Gasteiger partial charge in [0, 0.05) is 5.69 Å². The molecule has 2 heterocycles. The summed E-state index contributed by atoms with van der Waals surface area (Å²) >= 11 is 1.67. The summed E-state index contributed by atoms with van der Waals surface area (Å²) in [6.07, 6.45) is 1.85. The van der Waals surface area contributed by atoms with Gasteiger partial charge < -0.3 is 0 Å². The van der Waals surface area contributed by atoms with Gasteiger partial charge in [-0.2, -0.15) is 0 Å². The third kappa shape index (κ3) is 1.20. The SMILES string of the molecule is CC(C)c1cc2scnc2cn1. The monoisotopic (exact) mass is 178 g/mol. The number of thiazole rings is 1. The Morgan fingerprint density at radius 3 is 2.92 bits per heavy atom. The van der Waals surface area contributed by atoms with E-state index in [4.69, 9.17) is 0 Å². The summed E-state index contributed by atoms with van der Waals surface area (Å²) in [6, 6.07) is 2.12. The van der Waals surface area contributed by atoms with Crippen molar-refractivity contribution in [1.82, 2.24) is 9.97 Å². The molecule has 0 N–H and O–H groups in total. The van der Waals surface area contributed by atoms with E-state index < -0.39 is 0 Å². The van der Waals surface area contributed by atoms with Crippen molar-refractivity contribution in [2.24, 2.45) is 0 Å². The molecular weight excluding hydrogens is 168 g/mol. The van der Waals surface area contributed by atoms with Gasteiger partial charge >= 0.3 is 0 Å². The minimum absolute atomic E-state index is 0.497. The lowest BCUT2D eigenvalue weighted by molar-refractivity contribution is 0.826. The van der Waals surface area contributed by atoms with Gasteiger partial charge in [-0.05, 0) is 12.0 Å². The Balaban J connectivity index is 2.60. The van der Waals surface area contributed by atoms with Crippen LogP contribution >= 0.6 is 11.3 Å². The molecule has 2 nitrogen and oxygen atoms in total. The summed E-state index contributed by atoms with van der Waals surface area (Å²) < 4.78 is 1.23. The first-order valence-electron chi connectivity index (χ1n) is 3.96. The Kier molecular flexibility index (Phi) is 1.81. The molecule has 0 aliphatic rings. The number of nitrogens with zero attached hydrogens (tertiary/aromatic N) is 2. The zero-order chi connectivity index (χ0) is 8.55. The Morgan fingerprint density at radius 2 is 2.17 bits per heavy atom. The van der Waals surface area contributed by atoms with Crippen LogP contribution in [0.5, 0.6) is 0 Å². The van der Waals surface area contributed by atoms with Gasteiger partial charge in [-0.3, -0.25) is 4.98 Å². The highest BCUT2D eigenvalue weighted by Crippen LogP contribution is 2.20. The average Bonchev–Trinajstić information content (AvgIpc) is 2.49. The smallest absolute Gasteiger partial charge is 0.0995 e. The Hall–Kier alpha value is -0.960. The van der Waals surface area contributed by atoms with Crippen molar-refractivity contribution in [2.75, 3.05) is 0 Å². The number of hydrogen-bond donors (Lipinski definition) is 0. The molecule has 2 aromatic heterocycles. The number of aromatic nitrogens is 2. The second-order valence-electron chi connectivity index (χ2n) is 3.08. The highest BCUT2D eigenvalue weighted by atomic mass is 32.1. The van der Waals surface area contributed by atoms with Crippen molar-refractivity contribution in [1.29, 1.82) is 0 Å². The van der Waals surface area contributed by atoms with Crippen LogP contribution in [0.15, 0.2) is 17.8 Å². The molecule has 0 aliphatic carbocycles. The maximum atomic E-state index is 4.32. The van der Waals surface area contributed by atoms with Crippen LogP contribution in [0.3, 0.4) is 0 Å². The highest BCUT2D eigenvalue weighted by molar-refractivity contribution is 7.16. The van der Waals surface area contributed by atoms with Crippen LogP contribution in [0.1, 0.15) is 25.5 Å². The lowest BCUT2D eigenvalue weighted by Crippen LogP contribution is -1.90. The number of hydrogen-bond acceptors (Lipinski definition) is 3. The van der Waals surface area contributed by atoms with E-state index >= 15 is 0 Å². The van der Waals surface area contributed by atoms with Crippen LogP contribution < -0.4 is 0 Å².